The van der Waals surface area contributed by atoms with E-state index < -0.39 is 0 Å². The molecule has 15 heavy (non-hydrogen) atoms. The summed E-state index contributed by atoms with van der Waals surface area (Å²) in [6, 6.07) is 8.57. The Labute approximate surface area is 91.1 Å². The van der Waals surface area contributed by atoms with Gasteiger partial charge in [-0.15, -0.1) is 0 Å². The van der Waals surface area contributed by atoms with E-state index in [1.54, 1.807) is 0 Å². The molecule has 0 saturated carbocycles. The van der Waals surface area contributed by atoms with Gasteiger partial charge in [0.25, 0.3) is 0 Å². The third-order valence-electron chi connectivity index (χ3n) is 2.20. The van der Waals surface area contributed by atoms with Crippen molar-refractivity contribution in [1.29, 1.82) is 0 Å². The fourth-order valence-electron chi connectivity index (χ4n) is 1.33. The molecule has 0 aromatic heterocycles. The van der Waals surface area contributed by atoms with Crippen molar-refractivity contribution in [2.24, 2.45) is 0 Å². The molecule has 0 radical (unpaired) electrons. The van der Waals surface area contributed by atoms with Crippen LogP contribution in [-0.4, -0.2) is 31.5 Å². The number of ether oxygens (including phenoxy) is 1. The first-order valence-electron chi connectivity index (χ1n) is 5.38. The molecule has 0 aliphatic rings. The maximum Gasteiger partial charge on any atom is 0.101 e. The second-order valence-corrected chi connectivity index (χ2v) is 3.60. The smallest absolute Gasteiger partial charge is 0.101 e. The van der Waals surface area contributed by atoms with E-state index in [4.69, 9.17) is 9.84 Å². The van der Waals surface area contributed by atoms with E-state index in [0.29, 0.717) is 13.2 Å². The van der Waals surface area contributed by atoms with Crippen molar-refractivity contribution in [3.63, 3.8) is 0 Å². The van der Waals surface area contributed by atoms with Gasteiger partial charge in [0, 0.05) is 5.56 Å². The minimum atomic E-state index is 0.109. The summed E-state index contributed by atoms with van der Waals surface area (Å²) in [6.45, 7) is 5.27. The first-order valence-corrected chi connectivity index (χ1v) is 5.38. The van der Waals surface area contributed by atoms with Crippen molar-refractivity contribution < 1.29 is 15.2 Å². The molecule has 3 heteroatoms. The molecule has 1 aromatic rings. The third-order valence-corrected chi connectivity index (χ3v) is 2.20. The van der Waals surface area contributed by atoms with Crippen molar-refractivity contribution in [2.75, 3.05) is 26.4 Å². The summed E-state index contributed by atoms with van der Waals surface area (Å²) >= 11 is 0. The topological polar surface area (TPSA) is 46.1 Å². The highest BCUT2D eigenvalue weighted by Crippen LogP contribution is 2.00. The minimum Gasteiger partial charge on any atom is -0.394 e. The molecular weight excluding hydrogens is 190 g/mol. The van der Waals surface area contributed by atoms with Crippen molar-refractivity contribution >= 4 is 0 Å². The summed E-state index contributed by atoms with van der Waals surface area (Å²) in [5, 5.41) is 10.7. The van der Waals surface area contributed by atoms with Crippen LogP contribution in [0.3, 0.4) is 0 Å². The molecule has 0 atom stereocenters. The number of aliphatic hydroxyl groups excluding tert-OH is 1. The molecule has 3 N–H and O–H groups in total. The van der Waals surface area contributed by atoms with Crippen LogP contribution in [0.15, 0.2) is 24.3 Å². The van der Waals surface area contributed by atoms with Gasteiger partial charge in [0.2, 0.25) is 0 Å². The first-order chi connectivity index (χ1) is 7.33. The molecule has 1 aromatic carbocycles. The van der Waals surface area contributed by atoms with E-state index in [0.717, 1.165) is 13.1 Å². The van der Waals surface area contributed by atoms with Crippen LogP contribution in [0.25, 0.3) is 0 Å². The molecule has 0 fully saturated rings. The van der Waals surface area contributed by atoms with Crippen LogP contribution in [0.4, 0.5) is 0 Å². The van der Waals surface area contributed by atoms with Gasteiger partial charge in [-0.2, -0.15) is 0 Å². The summed E-state index contributed by atoms with van der Waals surface area (Å²) < 4.78 is 5.16. The maximum absolute atomic E-state index is 8.49. The number of aryl methyl sites for hydroxylation is 1. The SMILES string of the molecule is Cc1ccc(C[NH2+]CCOCCO)cc1. The van der Waals surface area contributed by atoms with Crippen molar-refractivity contribution in [3.05, 3.63) is 35.4 Å². The van der Waals surface area contributed by atoms with Gasteiger partial charge < -0.3 is 15.2 Å². The van der Waals surface area contributed by atoms with Crippen LogP contribution in [0.5, 0.6) is 0 Å². The average molecular weight is 210 g/mol. The van der Waals surface area contributed by atoms with Gasteiger partial charge in [-0.3, -0.25) is 0 Å². The molecule has 3 nitrogen and oxygen atoms in total. The Bertz CT molecular complexity index is 259. The molecule has 0 unspecified atom stereocenters. The van der Waals surface area contributed by atoms with Gasteiger partial charge in [-0.1, -0.05) is 29.8 Å². The van der Waals surface area contributed by atoms with E-state index in [1.165, 1.54) is 11.1 Å². The van der Waals surface area contributed by atoms with Crippen LogP contribution >= 0.6 is 0 Å². The molecule has 1 rings (SSSR count). The summed E-state index contributed by atoms with van der Waals surface area (Å²) in [6.07, 6.45) is 0. The second kappa shape index (κ2) is 7.40. The Hall–Kier alpha value is -0.900. The number of aliphatic hydroxyl groups is 1. The Morgan fingerprint density at radius 3 is 2.60 bits per heavy atom. The lowest BCUT2D eigenvalue weighted by atomic mass is 10.1. The molecule has 0 bridgehead atoms. The second-order valence-electron chi connectivity index (χ2n) is 3.60. The normalized spacial score (nSPS) is 10.5. The molecule has 0 amide bonds. The zero-order valence-corrected chi connectivity index (χ0v) is 9.28. The summed E-state index contributed by atoms with van der Waals surface area (Å²) in [7, 11) is 0. The van der Waals surface area contributed by atoms with Gasteiger partial charge in [0.05, 0.1) is 26.4 Å². The lowest BCUT2D eigenvalue weighted by molar-refractivity contribution is -0.672. The molecule has 0 saturated heterocycles. The fourth-order valence-corrected chi connectivity index (χ4v) is 1.33. The first kappa shape index (κ1) is 12.2. The number of quaternary nitrogens is 1. The summed E-state index contributed by atoms with van der Waals surface area (Å²) in [4.78, 5) is 0. The predicted octanol–water partition coefficient (Wildman–Crippen LogP) is 0.0673. The number of rotatable bonds is 7. The molecular formula is C12H20NO2+. The summed E-state index contributed by atoms with van der Waals surface area (Å²) in [5.74, 6) is 0. The molecule has 0 aliphatic carbocycles. The molecule has 0 heterocycles. The number of hydrogen-bond acceptors (Lipinski definition) is 2. The van der Waals surface area contributed by atoms with E-state index in [2.05, 4.69) is 36.5 Å². The number of hydrogen-bond donors (Lipinski definition) is 2. The van der Waals surface area contributed by atoms with E-state index in [1.807, 2.05) is 0 Å². The van der Waals surface area contributed by atoms with Gasteiger partial charge in [0.15, 0.2) is 0 Å². The predicted molar refractivity (Wildman–Crippen MR) is 59.6 cm³/mol. The van der Waals surface area contributed by atoms with Gasteiger partial charge in [0.1, 0.15) is 6.54 Å². The highest BCUT2D eigenvalue weighted by Gasteiger charge is 1.95. The van der Waals surface area contributed by atoms with Crippen LogP contribution in [-0.2, 0) is 11.3 Å². The Morgan fingerprint density at radius 2 is 1.93 bits per heavy atom. The Morgan fingerprint density at radius 1 is 1.20 bits per heavy atom. The van der Waals surface area contributed by atoms with Crippen LogP contribution in [0, 0.1) is 6.92 Å². The van der Waals surface area contributed by atoms with Crippen molar-refractivity contribution in [1.82, 2.24) is 0 Å². The lowest BCUT2D eigenvalue weighted by Crippen LogP contribution is -2.83. The number of nitrogens with two attached hydrogens (primary N) is 1. The standard InChI is InChI=1S/C12H19NO2/c1-11-2-4-12(5-3-11)10-13-6-8-15-9-7-14/h2-5,13-14H,6-10H2,1H3/p+1. The molecule has 0 spiro atoms. The van der Waals surface area contributed by atoms with Gasteiger partial charge >= 0.3 is 0 Å². The van der Waals surface area contributed by atoms with Gasteiger partial charge in [-0.25, -0.2) is 0 Å². The van der Waals surface area contributed by atoms with Crippen LogP contribution in [0.2, 0.25) is 0 Å². The third kappa shape index (κ3) is 5.52. The zero-order valence-electron chi connectivity index (χ0n) is 9.28. The number of benzene rings is 1. The van der Waals surface area contributed by atoms with Crippen LogP contribution < -0.4 is 5.32 Å². The summed E-state index contributed by atoms with van der Waals surface area (Å²) in [5.41, 5.74) is 2.63. The van der Waals surface area contributed by atoms with Crippen molar-refractivity contribution in [3.8, 4) is 0 Å². The van der Waals surface area contributed by atoms with Crippen molar-refractivity contribution in [2.45, 2.75) is 13.5 Å². The largest absolute Gasteiger partial charge is 0.394 e. The van der Waals surface area contributed by atoms with E-state index >= 15 is 0 Å². The molecule has 84 valence electrons. The molecule has 0 aliphatic heterocycles. The quantitative estimate of drug-likeness (QED) is 0.625. The van der Waals surface area contributed by atoms with E-state index in [-0.39, 0.29) is 6.61 Å². The maximum atomic E-state index is 8.49. The lowest BCUT2D eigenvalue weighted by Gasteiger charge is -2.03. The monoisotopic (exact) mass is 210 g/mol. The van der Waals surface area contributed by atoms with E-state index in [9.17, 15) is 0 Å². The Balaban J connectivity index is 2.07. The zero-order chi connectivity index (χ0) is 10.9. The Kier molecular flexibility index (Phi) is 6.00. The minimum absolute atomic E-state index is 0.109. The highest BCUT2D eigenvalue weighted by molar-refractivity contribution is 5.20. The van der Waals surface area contributed by atoms with Gasteiger partial charge in [-0.05, 0) is 6.92 Å². The highest BCUT2D eigenvalue weighted by atomic mass is 16.5. The fraction of sp³-hybridized carbons (Fsp3) is 0.500. The van der Waals surface area contributed by atoms with Crippen LogP contribution in [0.1, 0.15) is 11.1 Å². The average Bonchev–Trinajstić information content (AvgIpc) is 2.26.